The van der Waals surface area contributed by atoms with Gasteiger partial charge in [-0.2, -0.15) is 0 Å². The lowest BCUT2D eigenvalue weighted by molar-refractivity contribution is 0.193. The predicted molar refractivity (Wildman–Crippen MR) is 58.6 cm³/mol. The largest absolute Gasteiger partial charge is 0.389 e. The van der Waals surface area contributed by atoms with Crippen LogP contribution in [0.3, 0.4) is 0 Å². The molecule has 3 heteroatoms. The number of hydrogen-bond acceptors (Lipinski definition) is 1. The number of aliphatic hydroxyl groups excluding tert-OH is 1. The van der Waals surface area contributed by atoms with Crippen molar-refractivity contribution in [3.8, 4) is 0 Å². The van der Waals surface area contributed by atoms with Gasteiger partial charge in [0.25, 0.3) is 0 Å². The Balaban J connectivity index is 3.17. The van der Waals surface area contributed by atoms with Gasteiger partial charge < -0.3 is 5.11 Å². The maximum Gasteiger partial charge on any atom is 0.130 e. The first-order chi connectivity index (χ1) is 6.56. The molecule has 1 unspecified atom stereocenters. The molecule has 0 fully saturated rings. The number of rotatable bonds is 3. The molecule has 1 atom stereocenters. The molecular formula is C11H12BrFO. The lowest BCUT2D eigenvalue weighted by Gasteiger charge is -2.10. The summed E-state index contributed by atoms with van der Waals surface area (Å²) < 4.78 is 14.1. The summed E-state index contributed by atoms with van der Waals surface area (Å²) in [5.74, 6) is -0.383. The van der Waals surface area contributed by atoms with E-state index in [1.807, 2.05) is 0 Å². The van der Waals surface area contributed by atoms with E-state index in [4.69, 9.17) is 0 Å². The van der Waals surface area contributed by atoms with Gasteiger partial charge in [-0.1, -0.05) is 22.0 Å². The maximum atomic E-state index is 13.5. The van der Waals surface area contributed by atoms with Crippen LogP contribution in [0.5, 0.6) is 0 Å². The molecule has 0 bridgehead atoms. The Hall–Kier alpha value is -0.670. The van der Waals surface area contributed by atoms with Crippen LogP contribution in [0.2, 0.25) is 0 Å². The third-order valence-corrected chi connectivity index (χ3v) is 2.59. The van der Waals surface area contributed by atoms with Crippen molar-refractivity contribution >= 4 is 15.9 Å². The lowest BCUT2D eigenvalue weighted by Crippen LogP contribution is -1.99. The molecule has 0 amide bonds. The molecule has 14 heavy (non-hydrogen) atoms. The molecule has 0 saturated carbocycles. The summed E-state index contributed by atoms with van der Waals surface area (Å²) in [7, 11) is 0. The zero-order chi connectivity index (χ0) is 10.7. The summed E-state index contributed by atoms with van der Waals surface area (Å²) in [5.41, 5.74) is 1.14. The van der Waals surface area contributed by atoms with Gasteiger partial charge in [0.2, 0.25) is 0 Å². The molecule has 1 aromatic carbocycles. The minimum atomic E-state index is -0.804. The van der Waals surface area contributed by atoms with E-state index >= 15 is 0 Å². The number of allylic oxidation sites excluding steroid dienone is 1. The minimum Gasteiger partial charge on any atom is -0.389 e. The van der Waals surface area contributed by atoms with Crippen molar-refractivity contribution in [2.45, 2.75) is 19.4 Å². The molecule has 0 aliphatic rings. The van der Waals surface area contributed by atoms with Crippen molar-refractivity contribution in [1.82, 2.24) is 0 Å². The summed E-state index contributed by atoms with van der Waals surface area (Å²) >= 11 is 3.23. The fourth-order valence-corrected chi connectivity index (χ4v) is 2.14. The molecule has 1 N–H and O–H groups in total. The van der Waals surface area contributed by atoms with Gasteiger partial charge in [0.05, 0.1) is 6.10 Å². The van der Waals surface area contributed by atoms with E-state index in [-0.39, 0.29) is 5.82 Å². The van der Waals surface area contributed by atoms with Crippen molar-refractivity contribution in [1.29, 1.82) is 0 Å². The highest BCUT2D eigenvalue weighted by atomic mass is 79.9. The van der Waals surface area contributed by atoms with E-state index in [1.54, 1.807) is 12.1 Å². The second kappa shape index (κ2) is 4.71. The van der Waals surface area contributed by atoms with Crippen LogP contribution < -0.4 is 0 Å². The number of hydrogen-bond donors (Lipinski definition) is 1. The number of aliphatic hydroxyl groups is 1. The van der Waals surface area contributed by atoms with Crippen molar-refractivity contribution in [3.63, 3.8) is 0 Å². The average Bonchev–Trinajstić information content (AvgIpc) is 2.01. The summed E-state index contributed by atoms with van der Waals surface area (Å²) in [6.45, 7) is 5.12. The molecule has 1 aromatic rings. The van der Waals surface area contributed by atoms with Crippen molar-refractivity contribution < 1.29 is 9.50 Å². The van der Waals surface area contributed by atoms with Crippen LogP contribution in [0.4, 0.5) is 4.39 Å². The smallest absolute Gasteiger partial charge is 0.130 e. The second-order valence-corrected chi connectivity index (χ2v) is 4.00. The van der Waals surface area contributed by atoms with Gasteiger partial charge in [0.1, 0.15) is 5.82 Å². The van der Waals surface area contributed by atoms with Crippen LogP contribution in [0, 0.1) is 5.82 Å². The first-order valence-electron chi connectivity index (χ1n) is 4.33. The van der Waals surface area contributed by atoms with Gasteiger partial charge in [0, 0.05) is 10.0 Å². The van der Waals surface area contributed by atoms with Gasteiger partial charge in [-0.25, -0.2) is 4.39 Å². The third-order valence-electron chi connectivity index (χ3n) is 1.94. The number of halogens is 2. The Labute approximate surface area is 91.4 Å². The Kier molecular flexibility index (Phi) is 3.84. The highest BCUT2D eigenvalue weighted by Crippen LogP contribution is 2.27. The topological polar surface area (TPSA) is 20.2 Å². The van der Waals surface area contributed by atoms with E-state index in [2.05, 4.69) is 22.5 Å². The molecule has 0 radical (unpaired) electrons. The molecule has 76 valence electrons. The van der Waals surface area contributed by atoms with E-state index in [1.165, 1.54) is 13.0 Å². The molecular weight excluding hydrogens is 247 g/mol. The Morgan fingerprint density at radius 2 is 2.29 bits per heavy atom. The fourth-order valence-electron chi connectivity index (χ4n) is 1.32. The zero-order valence-electron chi connectivity index (χ0n) is 7.93. The summed E-state index contributed by atoms with van der Waals surface area (Å²) in [6, 6.07) is 3.22. The van der Waals surface area contributed by atoms with Crippen molar-refractivity contribution in [2.75, 3.05) is 0 Å². The second-order valence-electron chi connectivity index (χ2n) is 3.14. The van der Waals surface area contributed by atoms with E-state index in [9.17, 15) is 9.50 Å². The Morgan fingerprint density at radius 3 is 2.71 bits per heavy atom. The Bertz CT molecular complexity index is 324. The van der Waals surface area contributed by atoms with Gasteiger partial charge in [0.15, 0.2) is 0 Å². The van der Waals surface area contributed by atoms with Crippen LogP contribution in [-0.2, 0) is 6.42 Å². The van der Waals surface area contributed by atoms with Crippen molar-refractivity contribution in [3.05, 3.63) is 46.2 Å². The van der Waals surface area contributed by atoms with Gasteiger partial charge in [-0.3, -0.25) is 0 Å². The highest BCUT2D eigenvalue weighted by Gasteiger charge is 2.13. The third kappa shape index (κ3) is 2.42. The highest BCUT2D eigenvalue weighted by molar-refractivity contribution is 9.10. The number of benzene rings is 1. The quantitative estimate of drug-likeness (QED) is 0.825. The van der Waals surface area contributed by atoms with Gasteiger partial charge in [-0.05, 0) is 31.0 Å². The standard InChI is InChI=1S/C11H12BrFO/c1-3-4-8-5-9(12)11(7(2)14)10(13)6-8/h3,5-7,14H,1,4H2,2H3. The van der Waals surface area contributed by atoms with Crippen LogP contribution in [0.15, 0.2) is 29.3 Å². The average molecular weight is 259 g/mol. The molecule has 0 heterocycles. The van der Waals surface area contributed by atoms with Crippen LogP contribution >= 0.6 is 15.9 Å². The monoisotopic (exact) mass is 258 g/mol. The Morgan fingerprint density at radius 1 is 1.64 bits per heavy atom. The first-order valence-corrected chi connectivity index (χ1v) is 5.12. The van der Waals surface area contributed by atoms with Crippen LogP contribution in [0.1, 0.15) is 24.2 Å². The molecule has 0 saturated heterocycles. The summed E-state index contributed by atoms with van der Waals surface area (Å²) in [5, 5.41) is 9.32. The molecule has 0 aliphatic heterocycles. The summed E-state index contributed by atoms with van der Waals surface area (Å²) in [4.78, 5) is 0. The molecule has 0 aromatic heterocycles. The van der Waals surface area contributed by atoms with E-state index in [0.29, 0.717) is 16.5 Å². The first kappa shape index (κ1) is 11.4. The minimum absolute atomic E-state index is 0.304. The molecule has 0 aliphatic carbocycles. The van der Waals surface area contributed by atoms with Gasteiger partial charge >= 0.3 is 0 Å². The zero-order valence-corrected chi connectivity index (χ0v) is 9.51. The van der Waals surface area contributed by atoms with Crippen LogP contribution in [-0.4, -0.2) is 5.11 Å². The fraction of sp³-hybridized carbons (Fsp3) is 0.273. The van der Waals surface area contributed by atoms with Gasteiger partial charge in [-0.15, -0.1) is 6.58 Å². The van der Waals surface area contributed by atoms with E-state index < -0.39 is 6.10 Å². The van der Waals surface area contributed by atoms with Crippen LogP contribution in [0.25, 0.3) is 0 Å². The lowest BCUT2D eigenvalue weighted by atomic mass is 10.1. The molecule has 0 spiro atoms. The maximum absolute atomic E-state index is 13.5. The normalized spacial score (nSPS) is 12.6. The predicted octanol–water partition coefficient (Wildman–Crippen LogP) is 3.37. The molecule has 1 nitrogen and oxygen atoms in total. The SMILES string of the molecule is C=CCc1cc(F)c(C(C)O)c(Br)c1. The summed E-state index contributed by atoms with van der Waals surface area (Å²) in [6.07, 6.45) is 1.53. The van der Waals surface area contributed by atoms with E-state index in [0.717, 1.165) is 5.56 Å². The molecule has 1 rings (SSSR count). The van der Waals surface area contributed by atoms with Crippen molar-refractivity contribution in [2.24, 2.45) is 0 Å².